The molecule has 3 nitrogen and oxygen atoms in total. The number of nitrogens with zero attached hydrogens (tertiary/aromatic N) is 3. The van der Waals surface area contributed by atoms with E-state index in [1.54, 1.807) is 0 Å². The normalized spacial score (nSPS) is 18.9. The predicted molar refractivity (Wildman–Crippen MR) is 313 cm³/mol. The second-order valence-electron chi connectivity index (χ2n) is 26.2. The van der Waals surface area contributed by atoms with Crippen LogP contribution in [-0.2, 0) is 39.9 Å². The molecule has 73 heavy (non-hydrogen) atoms. The summed E-state index contributed by atoms with van der Waals surface area (Å²) >= 11 is 0. The quantitative estimate of drug-likeness (QED) is 0.163. The van der Waals surface area contributed by atoms with Crippen LogP contribution in [0.4, 0.5) is 45.5 Å². The van der Waals surface area contributed by atoms with Crippen molar-refractivity contribution in [1.82, 2.24) is 0 Å². The lowest BCUT2D eigenvalue weighted by Gasteiger charge is -2.53. The van der Waals surface area contributed by atoms with Crippen LogP contribution in [0.2, 0.25) is 0 Å². The highest BCUT2D eigenvalue weighted by atomic mass is 15.3. The minimum Gasteiger partial charge on any atom is -0.334 e. The van der Waals surface area contributed by atoms with Crippen molar-refractivity contribution in [2.24, 2.45) is 0 Å². The fraction of sp³-hybridized carbons (Fsp3) is 0.304. The zero-order valence-corrected chi connectivity index (χ0v) is 45.6. The first-order chi connectivity index (χ1) is 34.6. The van der Waals surface area contributed by atoms with Crippen LogP contribution >= 0.6 is 0 Å². The molecule has 0 saturated carbocycles. The molecule has 0 radical (unpaired) electrons. The fourth-order valence-electron chi connectivity index (χ4n) is 13.4. The van der Waals surface area contributed by atoms with E-state index in [2.05, 4.69) is 281 Å². The molecule has 0 spiro atoms. The van der Waals surface area contributed by atoms with Crippen molar-refractivity contribution in [3.8, 4) is 0 Å². The van der Waals surface area contributed by atoms with Gasteiger partial charge in [-0.15, -0.1) is 0 Å². The van der Waals surface area contributed by atoms with Crippen molar-refractivity contribution < 1.29 is 0 Å². The van der Waals surface area contributed by atoms with Crippen molar-refractivity contribution in [2.45, 2.75) is 135 Å². The minimum absolute atomic E-state index is 0.0149. The summed E-state index contributed by atoms with van der Waals surface area (Å²) in [6.45, 7) is 30.7. The highest BCUT2D eigenvalue weighted by Crippen LogP contribution is 2.63. The van der Waals surface area contributed by atoms with E-state index in [0.29, 0.717) is 0 Å². The summed E-state index contributed by atoms with van der Waals surface area (Å²) in [6.07, 6.45) is 1.81. The molecule has 0 amide bonds. The molecule has 12 rings (SSSR count). The molecule has 2 unspecified atom stereocenters. The van der Waals surface area contributed by atoms with Gasteiger partial charge in [0.05, 0.1) is 5.54 Å². The molecule has 2 atom stereocenters. The second kappa shape index (κ2) is 16.1. The number of hydrogen-bond donors (Lipinski definition) is 0. The monoisotopic (exact) mass is 954 g/mol. The van der Waals surface area contributed by atoms with Gasteiger partial charge in [0.15, 0.2) is 0 Å². The lowest BCUT2D eigenvalue weighted by Crippen LogP contribution is -2.62. The fourth-order valence-corrected chi connectivity index (χ4v) is 13.4. The molecule has 3 heterocycles. The van der Waals surface area contributed by atoms with Crippen LogP contribution in [0.25, 0.3) is 0 Å². The minimum atomic E-state index is -0.386. The third-order valence-corrected chi connectivity index (χ3v) is 17.4. The van der Waals surface area contributed by atoms with Gasteiger partial charge in [-0.2, -0.15) is 0 Å². The SMILES string of the molecule is CC(C)(C)c1ccc(N2c3ccc(C(C)(C)C)cc3B3c4ccc(C(C)(C)C)cc4N(c4cccc(C(C)(C)C)c4)c4cc(N5c6ccccc6C6(c7ccccc7)Cc7ccccc7CC56C)cc2c43)cc1. The molecule has 0 aromatic heterocycles. The molecule has 0 saturated heterocycles. The summed E-state index contributed by atoms with van der Waals surface area (Å²) in [5, 5.41) is 0. The van der Waals surface area contributed by atoms with E-state index in [1.807, 2.05) is 0 Å². The van der Waals surface area contributed by atoms with E-state index in [0.717, 1.165) is 12.8 Å². The summed E-state index contributed by atoms with van der Waals surface area (Å²) in [5.74, 6) is 0. The topological polar surface area (TPSA) is 9.72 Å². The average Bonchev–Trinajstić information content (AvgIpc) is 3.61. The van der Waals surface area contributed by atoms with E-state index < -0.39 is 0 Å². The molecule has 366 valence electrons. The molecular formula is C69H72BN3. The average molecular weight is 954 g/mol. The van der Waals surface area contributed by atoms with Gasteiger partial charge in [-0.3, -0.25) is 0 Å². The van der Waals surface area contributed by atoms with E-state index in [4.69, 9.17) is 0 Å². The second-order valence-corrected chi connectivity index (χ2v) is 26.2. The Kier molecular flexibility index (Phi) is 10.4. The summed E-state index contributed by atoms with van der Waals surface area (Å²) in [5.41, 5.74) is 24.0. The Balaban J connectivity index is 1.22. The van der Waals surface area contributed by atoms with Gasteiger partial charge in [0, 0.05) is 50.9 Å². The van der Waals surface area contributed by atoms with Gasteiger partial charge in [0.1, 0.15) is 0 Å². The Morgan fingerprint density at radius 2 is 0.932 bits per heavy atom. The number of rotatable bonds is 4. The van der Waals surface area contributed by atoms with Crippen LogP contribution in [0, 0.1) is 0 Å². The van der Waals surface area contributed by atoms with Crippen LogP contribution < -0.4 is 31.1 Å². The number of fused-ring (bicyclic) bond motifs is 8. The molecule has 8 aromatic rings. The van der Waals surface area contributed by atoms with Crippen molar-refractivity contribution in [2.75, 3.05) is 14.7 Å². The van der Waals surface area contributed by atoms with Crippen molar-refractivity contribution in [3.63, 3.8) is 0 Å². The van der Waals surface area contributed by atoms with Gasteiger partial charge in [0.2, 0.25) is 0 Å². The first kappa shape index (κ1) is 47.2. The van der Waals surface area contributed by atoms with Crippen LogP contribution in [0.15, 0.2) is 176 Å². The lowest BCUT2D eigenvalue weighted by molar-refractivity contribution is 0.281. The number of hydrogen-bond acceptors (Lipinski definition) is 3. The Labute approximate surface area is 437 Å². The molecule has 4 heteroatoms. The van der Waals surface area contributed by atoms with Crippen molar-refractivity contribution in [3.05, 3.63) is 220 Å². The maximum atomic E-state index is 2.79. The third kappa shape index (κ3) is 7.21. The maximum absolute atomic E-state index is 2.79. The van der Waals surface area contributed by atoms with Gasteiger partial charge in [-0.1, -0.05) is 204 Å². The Morgan fingerprint density at radius 1 is 0.384 bits per heavy atom. The molecular weight excluding hydrogens is 882 g/mol. The number of benzene rings is 8. The first-order valence-corrected chi connectivity index (χ1v) is 26.9. The van der Waals surface area contributed by atoms with Gasteiger partial charge in [-0.25, -0.2) is 0 Å². The molecule has 1 aliphatic carbocycles. The van der Waals surface area contributed by atoms with E-state index in [-0.39, 0.29) is 39.3 Å². The standard InChI is InChI=1S/C69H72BN3/c1-64(2,3)47-30-34-52(35-31-47)71-59-37-33-50(66(7,8)9)39-57(59)70-56-36-32-51(67(10,11)12)40-60(56)72(53-27-21-26-49(38-53)65(4,5)6)62-42-54(41-61(71)63(62)70)73-58-29-20-19-28-55(58)69(48-24-15-14-16-25-48)44-46-23-18-17-22-45(46)43-68(69,73)13/h14-42H,43-44H2,1-13H3. The van der Waals surface area contributed by atoms with Crippen LogP contribution in [0.1, 0.15) is 135 Å². The molecule has 0 bridgehead atoms. The summed E-state index contributed by atoms with van der Waals surface area (Å²) < 4.78 is 0. The Morgan fingerprint density at radius 3 is 1.59 bits per heavy atom. The van der Waals surface area contributed by atoms with Gasteiger partial charge in [-0.05, 0) is 157 Å². The maximum Gasteiger partial charge on any atom is 0.252 e. The third-order valence-electron chi connectivity index (χ3n) is 17.4. The molecule has 0 fully saturated rings. The smallest absolute Gasteiger partial charge is 0.252 e. The Bertz CT molecular complexity index is 3490. The zero-order valence-electron chi connectivity index (χ0n) is 45.6. The van der Waals surface area contributed by atoms with Gasteiger partial charge in [0.25, 0.3) is 6.71 Å². The summed E-state index contributed by atoms with van der Waals surface area (Å²) in [4.78, 5) is 8.07. The largest absolute Gasteiger partial charge is 0.334 e. The summed E-state index contributed by atoms with van der Waals surface area (Å²) in [6, 6.07) is 69.0. The predicted octanol–water partition coefficient (Wildman–Crippen LogP) is 16.0. The zero-order chi connectivity index (χ0) is 51.2. The van der Waals surface area contributed by atoms with Crippen LogP contribution in [0.3, 0.4) is 0 Å². The van der Waals surface area contributed by atoms with E-state index >= 15 is 0 Å². The van der Waals surface area contributed by atoms with Gasteiger partial charge >= 0.3 is 0 Å². The molecule has 8 aromatic carbocycles. The molecule has 0 N–H and O–H groups in total. The van der Waals surface area contributed by atoms with Crippen molar-refractivity contribution >= 4 is 68.6 Å². The number of para-hydroxylation sites is 1. The van der Waals surface area contributed by atoms with Gasteiger partial charge < -0.3 is 14.7 Å². The van der Waals surface area contributed by atoms with Crippen molar-refractivity contribution in [1.29, 1.82) is 0 Å². The van der Waals surface area contributed by atoms with Crippen LogP contribution in [0.5, 0.6) is 0 Å². The molecule has 4 aliphatic rings. The first-order valence-electron chi connectivity index (χ1n) is 26.9. The highest BCUT2D eigenvalue weighted by molar-refractivity contribution is 7.00. The molecule has 3 aliphatic heterocycles. The van der Waals surface area contributed by atoms with Crippen LogP contribution in [-0.4, -0.2) is 12.3 Å². The number of anilines is 8. The van der Waals surface area contributed by atoms with E-state index in [9.17, 15) is 0 Å². The summed E-state index contributed by atoms with van der Waals surface area (Å²) in [7, 11) is 0. The Hall–Kier alpha value is -6.78. The highest BCUT2D eigenvalue weighted by Gasteiger charge is 2.62. The lowest BCUT2D eigenvalue weighted by atomic mass is 9.33. The van der Waals surface area contributed by atoms with E-state index in [1.165, 1.54) is 106 Å².